The van der Waals surface area contributed by atoms with E-state index in [-0.39, 0.29) is 0 Å². The number of hydrogen-bond acceptors (Lipinski definition) is 3. The van der Waals surface area contributed by atoms with Crippen molar-refractivity contribution in [3.63, 3.8) is 0 Å². The fourth-order valence-electron chi connectivity index (χ4n) is 3.31. The summed E-state index contributed by atoms with van der Waals surface area (Å²) in [6.07, 6.45) is 5.95. The van der Waals surface area contributed by atoms with Gasteiger partial charge in [0.15, 0.2) is 0 Å². The minimum absolute atomic E-state index is 0.755. The molecule has 1 saturated heterocycles. The monoisotopic (exact) mass is 268 g/mol. The Balaban J connectivity index is 1.40. The van der Waals surface area contributed by atoms with E-state index in [2.05, 4.69) is 35.8 Å². The lowest BCUT2D eigenvalue weighted by atomic mass is 10.1. The van der Waals surface area contributed by atoms with Crippen LogP contribution < -0.4 is 5.32 Å². The Labute approximate surface area is 116 Å². The van der Waals surface area contributed by atoms with Crippen LogP contribution >= 0.6 is 11.8 Å². The molecular weight excluding hydrogens is 240 g/mol. The van der Waals surface area contributed by atoms with Gasteiger partial charge in [0, 0.05) is 42.7 Å². The third-order valence-corrected chi connectivity index (χ3v) is 6.39. The van der Waals surface area contributed by atoms with Crippen molar-refractivity contribution in [2.24, 2.45) is 11.8 Å². The zero-order chi connectivity index (χ0) is 12.5. The van der Waals surface area contributed by atoms with Gasteiger partial charge < -0.3 is 5.32 Å². The van der Waals surface area contributed by atoms with Crippen LogP contribution in [0.2, 0.25) is 0 Å². The number of rotatable bonds is 6. The molecule has 1 heterocycles. The standard InChI is InChI=1S/C15H28N2S/c1-11-12(2)18-10-9-17(11)8-7-16-15(13-3-4-13)14-5-6-14/h11-16H,3-10H2,1-2H3. The molecule has 0 bridgehead atoms. The molecule has 2 unspecified atom stereocenters. The predicted octanol–water partition coefficient (Wildman–Crippen LogP) is 2.59. The van der Waals surface area contributed by atoms with E-state index < -0.39 is 0 Å². The number of nitrogens with zero attached hydrogens (tertiary/aromatic N) is 1. The molecule has 0 aromatic rings. The lowest BCUT2D eigenvalue weighted by molar-refractivity contribution is 0.208. The molecule has 0 aromatic heterocycles. The molecule has 0 aromatic carbocycles. The zero-order valence-electron chi connectivity index (χ0n) is 11.9. The van der Waals surface area contributed by atoms with Crippen molar-refractivity contribution in [3.8, 4) is 0 Å². The first-order valence-corrected chi connectivity index (χ1v) is 8.89. The second-order valence-electron chi connectivity index (χ2n) is 6.51. The summed E-state index contributed by atoms with van der Waals surface area (Å²) in [7, 11) is 0. The van der Waals surface area contributed by atoms with E-state index in [0.717, 1.165) is 29.2 Å². The molecule has 2 atom stereocenters. The first-order valence-electron chi connectivity index (χ1n) is 7.84. The Bertz CT molecular complexity index is 264. The average molecular weight is 268 g/mol. The van der Waals surface area contributed by atoms with Crippen molar-refractivity contribution < 1.29 is 0 Å². The van der Waals surface area contributed by atoms with Gasteiger partial charge in [-0.2, -0.15) is 11.8 Å². The van der Waals surface area contributed by atoms with E-state index in [1.807, 2.05) is 0 Å². The fraction of sp³-hybridized carbons (Fsp3) is 1.00. The van der Waals surface area contributed by atoms with Crippen LogP contribution in [0.5, 0.6) is 0 Å². The maximum atomic E-state index is 3.88. The van der Waals surface area contributed by atoms with Gasteiger partial charge in [-0.3, -0.25) is 4.90 Å². The van der Waals surface area contributed by atoms with Gasteiger partial charge in [0.05, 0.1) is 0 Å². The second kappa shape index (κ2) is 5.72. The third-order valence-electron chi connectivity index (χ3n) is 5.05. The van der Waals surface area contributed by atoms with Crippen molar-refractivity contribution in [1.82, 2.24) is 10.2 Å². The Hall–Kier alpha value is 0.270. The predicted molar refractivity (Wildman–Crippen MR) is 80.2 cm³/mol. The first-order chi connectivity index (χ1) is 8.75. The van der Waals surface area contributed by atoms with Crippen molar-refractivity contribution in [3.05, 3.63) is 0 Å². The van der Waals surface area contributed by atoms with E-state index in [1.165, 1.54) is 51.1 Å². The van der Waals surface area contributed by atoms with Crippen LogP contribution in [0.4, 0.5) is 0 Å². The van der Waals surface area contributed by atoms with Crippen LogP contribution in [0.15, 0.2) is 0 Å². The number of hydrogen-bond donors (Lipinski definition) is 1. The van der Waals surface area contributed by atoms with Crippen molar-refractivity contribution in [2.75, 3.05) is 25.4 Å². The molecule has 3 aliphatic rings. The highest BCUT2D eigenvalue weighted by molar-refractivity contribution is 8.00. The van der Waals surface area contributed by atoms with E-state index in [9.17, 15) is 0 Å². The molecule has 0 spiro atoms. The average Bonchev–Trinajstić information content (AvgIpc) is 3.23. The SMILES string of the molecule is CC1SCCN(CCNC(C2CC2)C2CC2)C1C. The van der Waals surface area contributed by atoms with Gasteiger partial charge in [0.25, 0.3) is 0 Å². The molecule has 1 N–H and O–H groups in total. The van der Waals surface area contributed by atoms with Gasteiger partial charge in [-0.05, 0) is 44.4 Å². The quantitative estimate of drug-likeness (QED) is 0.797. The molecule has 0 radical (unpaired) electrons. The summed E-state index contributed by atoms with van der Waals surface area (Å²) in [5, 5.41) is 4.68. The molecule has 3 rings (SSSR count). The van der Waals surface area contributed by atoms with Crippen molar-refractivity contribution in [1.29, 1.82) is 0 Å². The molecule has 2 aliphatic carbocycles. The normalized spacial score (nSPS) is 34.2. The smallest absolute Gasteiger partial charge is 0.0184 e. The van der Waals surface area contributed by atoms with Gasteiger partial charge >= 0.3 is 0 Å². The van der Waals surface area contributed by atoms with Gasteiger partial charge in [0.2, 0.25) is 0 Å². The van der Waals surface area contributed by atoms with Gasteiger partial charge in [-0.15, -0.1) is 0 Å². The van der Waals surface area contributed by atoms with Crippen molar-refractivity contribution >= 4 is 11.8 Å². The Kier molecular flexibility index (Phi) is 4.21. The Morgan fingerprint density at radius 2 is 1.83 bits per heavy atom. The molecule has 0 amide bonds. The van der Waals surface area contributed by atoms with Crippen LogP contribution in [0, 0.1) is 11.8 Å². The number of nitrogens with one attached hydrogen (secondary N) is 1. The highest BCUT2D eigenvalue weighted by atomic mass is 32.2. The lowest BCUT2D eigenvalue weighted by Gasteiger charge is -2.37. The summed E-state index contributed by atoms with van der Waals surface area (Å²) in [6, 6.07) is 1.63. The van der Waals surface area contributed by atoms with Crippen LogP contribution in [-0.2, 0) is 0 Å². The van der Waals surface area contributed by atoms with E-state index in [4.69, 9.17) is 0 Å². The summed E-state index contributed by atoms with van der Waals surface area (Å²) in [5.41, 5.74) is 0. The summed E-state index contributed by atoms with van der Waals surface area (Å²) >= 11 is 2.14. The molecule has 2 saturated carbocycles. The maximum absolute atomic E-state index is 3.88. The highest BCUT2D eigenvalue weighted by Gasteiger charge is 2.41. The molecule has 2 nitrogen and oxygen atoms in total. The summed E-state index contributed by atoms with van der Waals surface area (Å²) in [6.45, 7) is 8.53. The summed E-state index contributed by atoms with van der Waals surface area (Å²) in [4.78, 5) is 2.69. The third kappa shape index (κ3) is 3.23. The fourth-order valence-corrected chi connectivity index (χ4v) is 4.48. The molecule has 1 aliphatic heterocycles. The van der Waals surface area contributed by atoms with E-state index in [1.54, 1.807) is 0 Å². The first kappa shape index (κ1) is 13.3. The van der Waals surface area contributed by atoms with Gasteiger partial charge in [-0.1, -0.05) is 6.92 Å². The minimum atomic E-state index is 0.755. The molecular formula is C15H28N2S. The van der Waals surface area contributed by atoms with Gasteiger partial charge in [0.1, 0.15) is 0 Å². The van der Waals surface area contributed by atoms with E-state index >= 15 is 0 Å². The van der Waals surface area contributed by atoms with Crippen LogP contribution in [-0.4, -0.2) is 47.6 Å². The van der Waals surface area contributed by atoms with Crippen LogP contribution in [0.1, 0.15) is 39.5 Å². The maximum Gasteiger partial charge on any atom is 0.0184 e. The number of thioether (sulfide) groups is 1. The topological polar surface area (TPSA) is 15.3 Å². The minimum Gasteiger partial charge on any atom is -0.312 e. The van der Waals surface area contributed by atoms with Crippen LogP contribution in [0.3, 0.4) is 0 Å². The Morgan fingerprint density at radius 3 is 2.44 bits per heavy atom. The van der Waals surface area contributed by atoms with Crippen LogP contribution in [0.25, 0.3) is 0 Å². The molecule has 3 heteroatoms. The van der Waals surface area contributed by atoms with Gasteiger partial charge in [-0.25, -0.2) is 0 Å². The molecule has 104 valence electrons. The van der Waals surface area contributed by atoms with Crippen molar-refractivity contribution in [2.45, 2.75) is 56.9 Å². The molecule has 18 heavy (non-hydrogen) atoms. The van der Waals surface area contributed by atoms with E-state index in [0.29, 0.717) is 0 Å². The zero-order valence-corrected chi connectivity index (χ0v) is 12.7. The molecule has 3 fully saturated rings. The summed E-state index contributed by atoms with van der Waals surface area (Å²) < 4.78 is 0. The highest BCUT2D eigenvalue weighted by Crippen LogP contribution is 2.44. The largest absolute Gasteiger partial charge is 0.312 e. The Morgan fingerprint density at radius 1 is 1.17 bits per heavy atom. The lowest BCUT2D eigenvalue weighted by Crippen LogP contribution is -2.48. The second-order valence-corrected chi connectivity index (χ2v) is 7.99. The summed E-state index contributed by atoms with van der Waals surface area (Å²) in [5.74, 6) is 3.39.